The maximum atomic E-state index is 12.1. The minimum atomic E-state index is -4.22. The molecule has 0 bridgehead atoms. The zero-order valence-corrected chi connectivity index (χ0v) is 11.5. The van der Waals surface area contributed by atoms with Crippen LogP contribution in [0.15, 0.2) is 18.2 Å². The molecule has 1 aromatic carbocycles. The Bertz CT molecular complexity index is 408. The second-order valence-corrected chi connectivity index (χ2v) is 4.37. The Morgan fingerprint density at radius 1 is 1.15 bits per heavy atom. The minimum Gasteiger partial charge on any atom is -0.493 e. The fourth-order valence-electron chi connectivity index (χ4n) is 1.62. The third-order valence-electron chi connectivity index (χ3n) is 2.57. The molecule has 1 rings (SSSR count). The van der Waals surface area contributed by atoms with Gasteiger partial charge in [0.2, 0.25) is 0 Å². The molecule has 0 aliphatic carbocycles. The molecule has 20 heavy (non-hydrogen) atoms. The Hall–Kier alpha value is -1.43. The van der Waals surface area contributed by atoms with Crippen LogP contribution in [0.2, 0.25) is 0 Å². The second-order valence-electron chi connectivity index (χ2n) is 4.37. The summed E-state index contributed by atoms with van der Waals surface area (Å²) in [6.45, 7) is 2.53. The molecule has 114 valence electrons. The van der Waals surface area contributed by atoms with Gasteiger partial charge in [-0.2, -0.15) is 13.2 Å². The quantitative estimate of drug-likeness (QED) is 0.799. The molecule has 0 radical (unpaired) electrons. The molecule has 0 saturated carbocycles. The van der Waals surface area contributed by atoms with Crippen molar-refractivity contribution in [3.05, 3.63) is 23.8 Å². The van der Waals surface area contributed by atoms with Crippen molar-refractivity contribution >= 4 is 0 Å². The smallest absolute Gasteiger partial charge is 0.392 e. The van der Waals surface area contributed by atoms with Crippen LogP contribution in [0.25, 0.3) is 0 Å². The van der Waals surface area contributed by atoms with Crippen molar-refractivity contribution in [3.63, 3.8) is 0 Å². The van der Waals surface area contributed by atoms with Gasteiger partial charge in [0.1, 0.15) is 11.5 Å². The van der Waals surface area contributed by atoms with Gasteiger partial charge in [-0.05, 0) is 31.0 Å². The van der Waals surface area contributed by atoms with Gasteiger partial charge in [-0.1, -0.05) is 13.0 Å². The van der Waals surface area contributed by atoms with Crippen molar-refractivity contribution in [1.82, 2.24) is 0 Å². The molecule has 0 aromatic heterocycles. The Kier molecular flexibility index (Phi) is 6.64. The molecular formula is C14H20F3NO2. The molecule has 0 heterocycles. The Balaban J connectivity index is 2.72. The molecule has 1 aromatic rings. The third kappa shape index (κ3) is 6.14. The van der Waals surface area contributed by atoms with Gasteiger partial charge in [0.25, 0.3) is 0 Å². The molecule has 6 heteroatoms. The lowest BCUT2D eigenvalue weighted by molar-refractivity contribution is -0.139. The van der Waals surface area contributed by atoms with Gasteiger partial charge in [-0.25, -0.2) is 0 Å². The van der Waals surface area contributed by atoms with Crippen molar-refractivity contribution in [2.75, 3.05) is 19.8 Å². The number of nitrogens with two attached hydrogens (primary N) is 1. The normalized spacial score (nSPS) is 11.4. The van der Waals surface area contributed by atoms with Crippen LogP contribution in [0.1, 0.15) is 25.3 Å². The first-order valence-corrected chi connectivity index (χ1v) is 6.61. The van der Waals surface area contributed by atoms with Gasteiger partial charge < -0.3 is 15.2 Å². The van der Waals surface area contributed by atoms with Crippen molar-refractivity contribution in [2.45, 2.75) is 32.4 Å². The second kappa shape index (κ2) is 7.99. The zero-order chi connectivity index (χ0) is 15.0. The predicted molar refractivity (Wildman–Crippen MR) is 71.2 cm³/mol. The van der Waals surface area contributed by atoms with Crippen molar-refractivity contribution < 1.29 is 22.6 Å². The molecule has 0 atom stereocenters. The van der Waals surface area contributed by atoms with Crippen LogP contribution in [0.5, 0.6) is 11.5 Å². The monoisotopic (exact) mass is 291 g/mol. The first kappa shape index (κ1) is 16.6. The highest BCUT2D eigenvalue weighted by Gasteiger charge is 2.27. The van der Waals surface area contributed by atoms with Gasteiger partial charge in [-0.15, -0.1) is 0 Å². The fourth-order valence-corrected chi connectivity index (χ4v) is 1.62. The van der Waals surface area contributed by atoms with E-state index in [9.17, 15) is 13.2 Å². The Morgan fingerprint density at radius 2 is 1.90 bits per heavy atom. The van der Waals surface area contributed by atoms with E-state index in [1.165, 1.54) is 0 Å². The average Bonchev–Trinajstić information content (AvgIpc) is 2.37. The summed E-state index contributed by atoms with van der Waals surface area (Å²) in [5.74, 6) is 1.00. The number of rotatable bonds is 8. The number of hydrogen-bond acceptors (Lipinski definition) is 3. The molecule has 3 nitrogen and oxygen atoms in total. The van der Waals surface area contributed by atoms with Gasteiger partial charge >= 0.3 is 6.18 Å². The number of benzene rings is 1. The number of alkyl halides is 3. The molecule has 0 spiro atoms. The molecule has 0 aliphatic rings. The van der Waals surface area contributed by atoms with E-state index in [2.05, 4.69) is 0 Å². The standard InChI is InChI=1S/C14H20F3NO2/c1-2-8-19-12-4-3-11(5-7-18)13(10-12)20-9-6-14(15,16)17/h3-4,10H,2,5-9,18H2,1H3. The van der Waals surface area contributed by atoms with E-state index in [4.69, 9.17) is 15.2 Å². The Labute approximate surface area is 116 Å². The van der Waals surface area contributed by atoms with E-state index >= 15 is 0 Å². The van der Waals surface area contributed by atoms with Crippen LogP contribution in [-0.2, 0) is 6.42 Å². The lowest BCUT2D eigenvalue weighted by Crippen LogP contribution is -2.14. The molecule has 2 N–H and O–H groups in total. The highest BCUT2D eigenvalue weighted by Crippen LogP contribution is 2.27. The minimum absolute atomic E-state index is 0.404. The highest BCUT2D eigenvalue weighted by atomic mass is 19.4. The van der Waals surface area contributed by atoms with E-state index in [1.54, 1.807) is 18.2 Å². The van der Waals surface area contributed by atoms with E-state index in [0.29, 0.717) is 31.1 Å². The molecule has 0 unspecified atom stereocenters. The summed E-state index contributed by atoms with van der Waals surface area (Å²) in [7, 11) is 0. The molecule has 0 saturated heterocycles. The third-order valence-corrected chi connectivity index (χ3v) is 2.57. The van der Waals surface area contributed by atoms with Crippen LogP contribution in [-0.4, -0.2) is 25.9 Å². The average molecular weight is 291 g/mol. The van der Waals surface area contributed by atoms with Crippen LogP contribution in [0.3, 0.4) is 0 Å². The number of halogens is 3. The van der Waals surface area contributed by atoms with Crippen molar-refractivity contribution in [1.29, 1.82) is 0 Å². The summed E-state index contributed by atoms with van der Waals surface area (Å²) in [5, 5.41) is 0. The van der Waals surface area contributed by atoms with Gasteiger partial charge in [0.15, 0.2) is 0 Å². The van der Waals surface area contributed by atoms with E-state index in [1.807, 2.05) is 6.92 Å². The molecular weight excluding hydrogens is 271 g/mol. The van der Waals surface area contributed by atoms with Gasteiger partial charge in [-0.3, -0.25) is 0 Å². The summed E-state index contributed by atoms with van der Waals surface area (Å²) in [6.07, 6.45) is -3.79. The maximum absolute atomic E-state index is 12.1. The summed E-state index contributed by atoms with van der Waals surface area (Å²) in [4.78, 5) is 0. The zero-order valence-electron chi connectivity index (χ0n) is 11.5. The fraction of sp³-hybridized carbons (Fsp3) is 0.571. The largest absolute Gasteiger partial charge is 0.493 e. The summed E-state index contributed by atoms with van der Waals surface area (Å²) < 4.78 is 47.1. The van der Waals surface area contributed by atoms with Gasteiger partial charge in [0.05, 0.1) is 19.6 Å². The summed E-state index contributed by atoms with van der Waals surface area (Å²) >= 11 is 0. The van der Waals surface area contributed by atoms with E-state index in [0.717, 1.165) is 12.0 Å². The van der Waals surface area contributed by atoms with Gasteiger partial charge in [0, 0.05) is 6.07 Å². The molecule has 0 aliphatic heterocycles. The summed E-state index contributed by atoms with van der Waals surface area (Å²) in [5.41, 5.74) is 6.27. The van der Waals surface area contributed by atoms with Crippen LogP contribution < -0.4 is 15.2 Å². The maximum Gasteiger partial charge on any atom is 0.392 e. The SMILES string of the molecule is CCCOc1ccc(CCN)c(OCCC(F)(F)F)c1. The highest BCUT2D eigenvalue weighted by molar-refractivity contribution is 5.41. The van der Waals surface area contributed by atoms with Crippen LogP contribution in [0.4, 0.5) is 13.2 Å². The first-order valence-electron chi connectivity index (χ1n) is 6.61. The van der Waals surface area contributed by atoms with Crippen LogP contribution in [0, 0.1) is 0 Å². The molecule has 0 fully saturated rings. The topological polar surface area (TPSA) is 44.5 Å². The van der Waals surface area contributed by atoms with Crippen molar-refractivity contribution in [2.24, 2.45) is 5.73 Å². The Morgan fingerprint density at radius 3 is 2.50 bits per heavy atom. The lowest BCUT2D eigenvalue weighted by Gasteiger charge is -2.14. The van der Waals surface area contributed by atoms with Crippen LogP contribution >= 0.6 is 0 Å². The van der Waals surface area contributed by atoms with Crippen molar-refractivity contribution in [3.8, 4) is 11.5 Å². The summed E-state index contributed by atoms with van der Waals surface area (Å²) in [6, 6.07) is 5.18. The predicted octanol–water partition coefficient (Wildman–Crippen LogP) is 3.31. The number of ether oxygens (including phenoxy) is 2. The first-order chi connectivity index (χ1) is 9.46. The lowest BCUT2D eigenvalue weighted by atomic mass is 10.1. The van der Waals surface area contributed by atoms with E-state index < -0.39 is 19.2 Å². The van der Waals surface area contributed by atoms with E-state index in [-0.39, 0.29) is 0 Å². The number of hydrogen-bond donors (Lipinski definition) is 1. The molecule has 0 amide bonds.